The lowest BCUT2D eigenvalue weighted by Gasteiger charge is -2.09. The Morgan fingerprint density at radius 2 is 1.93 bits per heavy atom. The van der Waals surface area contributed by atoms with Crippen LogP contribution in [0.2, 0.25) is 5.02 Å². The number of benzene rings is 1. The minimum atomic E-state index is 0.626. The predicted octanol–water partition coefficient (Wildman–Crippen LogP) is 3.79. The van der Waals surface area contributed by atoms with Crippen molar-refractivity contribution in [1.82, 2.24) is 4.98 Å². The molecule has 0 saturated carbocycles. The summed E-state index contributed by atoms with van der Waals surface area (Å²) in [4.78, 5) is 4.17. The molecular formula is C12H11ClN2. The number of anilines is 2. The molecule has 0 saturated heterocycles. The Bertz CT molecular complexity index is 425. The number of aromatic nitrogens is 1. The Labute approximate surface area is 93.9 Å². The number of nitrogens with one attached hydrogen (secondary N) is 1. The van der Waals surface area contributed by atoms with E-state index in [1.165, 1.54) is 5.56 Å². The summed E-state index contributed by atoms with van der Waals surface area (Å²) in [5.41, 5.74) is 2.19. The number of hydrogen-bond donors (Lipinski definition) is 1. The topological polar surface area (TPSA) is 24.9 Å². The largest absolute Gasteiger partial charge is 0.339 e. The zero-order valence-electron chi connectivity index (χ0n) is 8.37. The van der Waals surface area contributed by atoms with Gasteiger partial charge in [0.1, 0.15) is 5.82 Å². The van der Waals surface area contributed by atoms with Gasteiger partial charge in [0.25, 0.3) is 0 Å². The molecule has 2 aromatic rings. The van der Waals surface area contributed by atoms with Gasteiger partial charge in [0.15, 0.2) is 0 Å². The second kappa shape index (κ2) is 4.32. The number of rotatable bonds is 2. The van der Waals surface area contributed by atoms with Gasteiger partial charge in [-0.3, -0.25) is 0 Å². The molecule has 0 aliphatic rings. The molecular weight excluding hydrogens is 208 g/mol. The molecule has 1 N–H and O–H groups in total. The molecule has 0 bridgehead atoms. The van der Waals surface area contributed by atoms with Gasteiger partial charge >= 0.3 is 0 Å². The Morgan fingerprint density at radius 1 is 1.13 bits per heavy atom. The van der Waals surface area contributed by atoms with Gasteiger partial charge in [-0.05, 0) is 30.7 Å². The number of nitrogens with zero attached hydrogens (tertiary/aromatic N) is 1. The maximum atomic E-state index is 6.00. The van der Waals surface area contributed by atoms with Crippen molar-refractivity contribution in [2.75, 3.05) is 5.32 Å². The van der Waals surface area contributed by atoms with Crippen molar-refractivity contribution in [2.45, 2.75) is 6.92 Å². The van der Waals surface area contributed by atoms with Crippen LogP contribution in [0.5, 0.6) is 0 Å². The van der Waals surface area contributed by atoms with Crippen molar-refractivity contribution < 1.29 is 0 Å². The standard InChI is InChI=1S/C12H11ClN2/c1-9-5-2-3-7-11(9)15-12-10(13)6-4-8-14-12/h2-8H,1H3,(H,14,15). The fourth-order valence-electron chi connectivity index (χ4n) is 1.32. The Balaban J connectivity index is 2.30. The molecule has 0 radical (unpaired) electrons. The van der Waals surface area contributed by atoms with Crippen LogP contribution >= 0.6 is 11.6 Å². The van der Waals surface area contributed by atoms with Crippen molar-refractivity contribution in [2.24, 2.45) is 0 Å². The van der Waals surface area contributed by atoms with E-state index in [4.69, 9.17) is 11.6 Å². The van der Waals surface area contributed by atoms with E-state index >= 15 is 0 Å². The van der Waals surface area contributed by atoms with Gasteiger partial charge in [-0.1, -0.05) is 29.8 Å². The van der Waals surface area contributed by atoms with Crippen LogP contribution in [-0.2, 0) is 0 Å². The average molecular weight is 219 g/mol. The SMILES string of the molecule is Cc1ccccc1Nc1ncccc1Cl. The number of aryl methyl sites for hydroxylation is 1. The Morgan fingerprint density at radius 3 is 2.67 bits per heavy atom. The van der Waals surface area contributed by atoms with E-state index in [-0.39, 0.29) is 0 Å². The highest BCUT2D eigenvalue weighted by atomic mass is 35.5. The van der Waals surface area contributed by atoms with Gasteiger partial charge in [-0.15, -0.1) is 0 Å². The summed E-state index contributed by atoms with van der Waals surface area (Å²) in [6.45, 7) is 2.04. The molecule has 1 aromatic carbocycles. The maximum Gasteiger partial charge on any atom is 0.149 e. The van der Waals surface area contributed by atoms with Gasteiger partial charge in [0.05, 0.1) is 5.02 Å². The van der Waals surface area contributed by atoms with Crippen LogP contribution in [0.3, 0.4) is 0 Å². The van der Waals surface area contributed by atoms with Crippen molar-refractivity contribution in [1.29, 1.82) is 0 Å². The van der Waals surface area contributed by atoms with Crippen LogP contribution in [0.15, 0.2) is 42.6 Å². The molecule has 76 valence electrons. The average Bonchev–Trinajstić information content (AvgIpc) is 2.24. The predicted molar refractivity (Wildman–Crippen MR) is 63.7 cm³/mol. The van der Waals surface area contributed by atoms with E-state index in [0.717, 1.165) is 5.69 Å². The summed E-state index contributed by atoms with van der Waals surface area (Å²) in [5, 5.41) is 3.82. The zero-order valence-corrected chi connectivity index (χ0v) is 9.12. The third kappa shape index (κ3) is 2.28. The Kier molecular flexibility index (Phi) is 2.88. The van der Waals surface area contributed by atoms with Crippen LogP contribution in [0.25, 0.3) is 0 Å². The summed E-state index contributed by atoms with van der Waals surface area (Å²) in [6, 6.07) is 11.6. The van der Waals surface area contributed by atoms with Crippen molar-refractivity contribution in [3.05, 3.63) is 53.2 Å². The first-order valence-corrected chi connectivity index (χ1v) is 5.08. The summed E-state index contributed by atoms with van der Waals surface area (Å²) >= 11 is 6.00. The van der Waals surface area contributed by atoms with Gasteiger partial charge in [0.2, 0.25) is 0 Å². The molecule has 0 aliphatic carbocycles. The van der Waals surface area contributed by atoms with Crippen molar-refractivity contribution in [3.8, 4) is 0 Å². The quantitative estimate of drug-likeness (QED) is 0.830. The molecule has 0 atom stereocenters. The number of halogens is 1. The molecule has 1 aromatic heterocycles. The lowest BCUT2D eigenvalue weighted by atomic mass is 10.2. The Hall–Kier alpha value is -1.54. The monoisotopic (exact) mass is 218 g/mol. The van der Waals surface area contributed by atoms with Crippen LogP contribution in [0, 0.1) is 6.92 Å². The second-order valence-electron chi connectivity index (χ2n) is 3.27. The third-order valence-electron chi connectivity index (χ3n) is 2.16. The highest BCUT2D eigenvalue weighted by Gasteiger charge is 2.02. The van der Waals surface area contributed by atoms with Crippen LogP contribution in [0.4, 0.5) is 11.5 Å². The van der Waals surface area contributed by atoms with Crippen LogP contribution in [0.1, 0.15) is 5.56 Å². The minimum absolute atomic E-state index is 0.626. The van der Waals surface area contributed by atoms with E-state index < -0.39 is 0 Å². The van der Waals surface area contributed by atoms with Crippen molar-refractivity contribution >= 4 is 23.1 Å². The lowest BCUT2D eigenvalue weighted by Crippen LogP contribution is -1.95. The normalized spacial score (nSPS) is 10.0. The molecule has 0 fully saturated rings. The number of para-hydroxylation sites is 1. The first-order valence-electron chi connectivity index (χ1n) is 4.70. The lowest BCUT2D eigenvalue weighted by molar-refractivity contribution is 1.30. The highest BCUT2D eigenvalue weighted by molar-refractivity contribution is 6.33. The number of hydrogen-bond acceptors (Lipinski definition) is 2. The van der Waals surface area contributed by atoms with E-state index in [9.17, 15) is 0 Å². The third-order valence-corrected chi connectivity index (χ3v) is 2.46. The number of pyridine rings is 1. The molecule has 3 heteroatoms. The summed E-state index contributed by atoms with van der Waals surface area (Å²) < 4.78 is 0. The van der Waals surface area contributed by atoms with Gasteiger partial charge < -0.3 is 5.32 Å². The van der Waals surface area contributed by atoms with E-state index in [0.29, 0.717) is 10.8 Å². The van der Waals surface area contributed by atoms with Crippen LogP contribution in [-0.4, -0.2) is 4.98 Å². The van der Waals surface area contributed by atoms with E-state index in [1.54, 1.807) is 6.20 Å². The highest BCUT2D eigenvalue weighted by Crippen LogP contribution is 2.23. The molecule has 1 heterocycles. The van der Waals surface area contributed by atoms with Crippen LogP contribution < -0.4 is 5.32 Å². The molecule has 2 rings (SSSR count). The summed E-state index contributed by atoms with van der Waals surface area (Å²) in [6.07, 6.45) is 1.71. The second-order valence-corrected chi connectivity index (χ2v) is 3.68. The maximum absolute atomic E-state index is 6.00. The fraction of sp³-hybridized carbons (Fsp3) is 0.0833. The first kappa shape index (κ1) is 9.99. The summed E-state index contributed by atoms with van der Waals surface area (Å²) in [7, 11) is 0. The summed E-state index contributed by atoms with van der Waals surface area (Å²) in [5.74, 6) is 0.688. The fourth-order valence-corrected chi connectivity index (χ4v) is 1.49. The van der Waals surface area contributed by atoms with Gasteiger partial charge in [-0.2, -0.15) is 0 Å². The van der Waals surface area contributed by atoms with E-state index in [1.807, 2.05) is 43.3 Å². The van der Waals surface area contributed by atoms with Gasteiger partial charge in [0, 0.05) is 11.9 Å². The smallest absolute Gasteiger partial charge is 0.149 e. The molecule has 0 aliphatic heterocycles. The van der Waals surface area contributed by atoms with E-state index in [2.05, 4.69) is 10.3 Å². The van der Waals surface area contributed by atoms with Gasteiger partial charge in [-0.25, -0.2) is 4.98 Å². The first-order chi connectivity index (χ1) is 7.27. The zero-order chi connectivity index (χ0) is 10.7. The molecule has 0 spiro atoms. The molecule has 0 unspecified atom stereocenters. The molecule has 15 heavy (non-hydrogen) atoms. The molecule has 0 amide bonds. The molecule has 2 nitrogen and oxygen atoms in total. The minimum Gasteiger partial charge on any atom is -0.339 e. The van der Waals surface area contributed by atoms with Crippen molar-refractivity contribution in [3.63, 3.8) is 0 Å².